The number of aromatic nitrogens is 1. The first-order valence-electron chi connectivity index (χ1n) is 5.78. The molecule has 2 aromatic rings. The maximum Gasteiger partial charge on any atom is 0.417 e. The average molecular weight is 301 g/mol. The summed E-state index contributed by atoms with van der Waals surface area (Å²) in [5.74, 6) is -3.40. The second-order valence-electron chi connectivity index (χ2n) is 4.23. The molecular weight excluding hydrogens is 293 g/mol. The second kappa shape index (κ2) is 5.59. The third-order valence-electron chi connectivity index (χ3n) is 2.81. The molecule has 2 rings (SSSR count). The maximum absolute atomic E-state index is 13.4. The molecule has 0 fully saturated rings. The van der Waals surface area contributed by atoms with E-state index in [0.29, 0.717) is 6.07 Å². The highest BCUT2D eigenvalue weighted by molar-refractivity contribution is 5.98. The Hall–Kier alpha value is -2.31. The Bertz CT molecular complexity index is 681. The van der Waals surface area contributed by atoms with Gasteiger partial charge in [0.15, 0.2) is 17.4 Å². The number of rotatable bonds is 3. The van der Waals surface area contributed by atoms with Crippen molar-refractivity contribution in [1.82, 2.24) is 4.98 Å². The molecule has 0 atom stereocenters. The first-order valence-corrected chi connectivity index (χ1v) is 5.78. The fourth-order valence-corrected chi connectivity index (χ4v) is 1.82. The fraction of sp³-hybridized carbons (Fsp3) is 0.143. The van der Waals surface area contributed by atoms with Gasteiger partial charge in [-0.25, -0.2) is 8.78 Å². The number of carbonyl (C=O) groups is 1. The Balaban J connectivity index is 2.36. The lowest BCUT2D eigenvalue weighted by molar-refractivity contribution is -0.138. The van der Waals surface area contributed by atoms with Gasteiger partial charge in [-0.05, 0) is 17.7 Å². The van der Waals surface area contributed by atoms with Crippen LogP contribution in [0.25, 0.3) is 0 Å². The SMILES string of the molecule is O=C(Cc1cccc(F)c1F)c1cnccc1C(F)(F)F. The number of hydrogen-bond acceptors (Lipinski definition) is 2. The largest absolute Gasteiger partial charge is 0.417 e. The zero-order valence-corrected chi connectivity index (χ0v) is 10.4. The minimum absolute atomic E-state index is 0.308. The molecule has 0 N–H and O–H groups in total. The van der Waals surface area contributed by atoms with E-state index in [1.165, 1.54) is 6.07 Å². The Kier molecular flexibility index (Phi) is 4.02. The van der Waals surface area contributed by atoms with Gasteiger partial charge in [0.2, 0.25) is 0 Å². The Morgan fingerprint density at radius 2 is 1.86 bits per heavy atom. The van der Waals surface area contributed by atoms with Gasteiger partial charge in [-0.3, -0.25) is 9.78 Å². The fourth-order valence-electron chi connectivity index (χ4n) is 1.82. The number of pyridine rings is 1. The van der Waals surface area contributed by atoms with Crippen LogP contribution in [0.3, 0.4) is 0 Å². The number of nitrogens with zero attached hydrogens (tertiary/aromatic N) is 1. The van der Waals surface area contributed by atoms with Gasteiger partial charge in [0.1, 0.15) is 0 Å². The lowest BCUT2D eigenvalue weighted by atomic mass is 10.00. The highest BCUT2D eigenvalue weighted by Gasteiger charge is 2.35. The van der Waals surface area contributed by atoms with Crippen molar-refractivity contribution in [1.29, 1.82) is 0 Å². The molecule has 0 aliphatic rings. The zero-order chi connectivity index (χ0) is 15.6. The van der Waals surface area contributed by atoms with Gasteiger partial charge in [-0.2, -0.15) is 13.2 Å². The van der Waals surface area contributed by atoms with Gasteiger partial charge in [-0.1, -0.05) is 12.1 Å². The highest BCUT2D eigenvalue weighted by Crippen LogP contribution is 2.32. The van der Waals surface area contributed by atoms with Crippen molar-refractivity contribution in [2.24, 2.45) is 0 Å². The van der Waals surface area contributed by atoms with Gasteiger partial charge >= 0.3 is 6.18 Å². The van der Waals surface area contributed by atoms with Crippen LogP contribution < -0.4 is 0 Å². The van der Waals surface area contributed by atoms with Crippen LogP contribution in [0.4, 0.5) is 22.0 Å². The van der Waals surface area contributed by atoms with Crippen molar-refractivity contribution in [2.45, 2.75) is 12.6 Å². The molecule has 0 radical (unpaired) electrons. The topological polar surface area (TPSA) is 30.0 Å². The molecule has 1 heterocycles. The molecular formula is C14H8F5NO. The van der Waals surface area contributed by atoms with Crippen molar-refractivity contribution in [3.8, 4) is 0 Å². The number of ketones is 1. The van der Waals surface area contributed by atoms with Gasteiger partial charge in [0.05, 0.1) is 5.56 Å². The van der Waals surface area contributed by atoms with Crippen LogP contribution in [0.1, 0.15) is 21.5 Å². The lowest BCUT2D eigenvalue weighted by Crippen LogP contribution is -2.15. The smallest absolute Gasteiger partial charge is 0.294 e. The standard InChI is InChI=1S/C14H8F5NO/c15-11-3-1-2-8(13(11)16)6-12(21)9-7-20-5-4-10(9)14(17,18)19/h1-5,7H,6H2. The Morgan fingerprint density at radius 3 is 2.52 bits per heavy atom. The van der Waals surface area contributed by atoms with Crippen LogP contribution in [0.15, 0.2) is 36.7 Å². The lowest BCUT2D eigenvalue weighted by Gasteiger charge is -2.11. The summed E-state index contributed by atoms with van der Waals surface area (Å²) in [6.07, 6.45) is -3.74. The third kappa shape index (κ3) is 3.24. The average Bonchev–Trinajstić information content (AvgIpc) is 2.43. The molecule has 2 nitrogen and oxygen atoms in total. The van der Waals surface area contributed by atoms with Crippen LogP contribution >= 0.6 is 0 Å². The Labute approximate surface area is 116 Å². The van der Waals surface area contributed by atoms with E-state index >= 15 is 0 Å². The van der Waals surface area contributed by atoms with Crippen molar-refractivity contribution in [3.63, 3.8) is 0 Å². The molecule has 21 heavy (non-hydrogen) atoms. The van der Waals surface area contributed by atoms with E-state index in [-0.39, 0.29) is 5.56 Å². The van der Waals surface area contributed by atoms with Crippen molar-refractivity contribution >= 4 is 5.78 Å². The summed E-state index contributed by atoms with van der Waals surface area (Å²) in [6, 6.07) is 3.83. The molecule has 1 aromatic carbocycles. The summed E-state index contributed by atoms with van der Waals surface area (Å²) < 4.78 is 64.8. The van der Waals surface area contributed by atoms with Crippen LogP contribution in [-0.2, 0) is 12.6 Å². The summed E-state index contributed by atoms with van der Waals surface area (Å²) in [5, 5.41) is 0. The number of Topliss-reactive ketones (excluding diaryl/α,β-unsaturated/α-hetero) is 1. The summed E-state index contributed by atoms with van der Waals surface area (Å²) in [7, 11) is 0. The van der Waals surface area contributed by atoms with Crippen molar-refractivity contribution < 1.29 is 26.7 Å². The molecule has 0 bridgehead atoms. The number of benzene rings is 1. The minimum Gasteiger partial charge on any atom is -0.294 e. The molecule has 1 aromatic heterocycles. The summed E-state index contributed by atoms with van der Waals surface area (Å²) in [4.78, 5) is 15.4. The first kappa shape index (κ1) is 15.1. The van der Waals surface area contributed by atoms with E-state index in [2.05, 4.69) is 4.98 Å². The van der Waals surface area contributed by atoms with E-state index < -0.39 is 41.1 Å². The molecule has 0 aliphatic carbocycles. The first-order chi connectivity index (χ1) is 9.80. The molecule has 0 saturated carbocycles. The zero-order valence-electron chi connectivity index (χ0n) is 10.4. The molecule has 0 spiro atoms. The van der Waals surface area contributed by atoms with Crippen molar-refractivity contribution in [2.75, 3.05) is 0 Å². The molecule has 0 amide bonds. The van der Waals surface area contributed by atoms with Crippen LogP contribution in [-0.4, -0.2) is 10.8 Å². The second-order valence-corrected chi connectivity index (χ2v) is 4.23. The van der Waals surface area contributed by atoms with Gasteiger partial charge in [0.25, 0.3) is 0 Å². The normalized spacial score (nSPS) is 11.5. The Morgan fingerprint density at radius 1 is 1.14 bits per heavy atom. The van der Waals surface area contributed by atoms with E-state index in [9.17, 15) is 26.7 Å². The van der Waals surface area contributed by atoms with Gasteiger partial charge in [0, 0.05) is 24.4 Å². The molecule has 0 unspecified atom stereocenters. The summed E-state index contributed by atoms with van der Waals surface area (Å²) >= 11 is 0. The maximum atomic E-state index is 13.4. The minimum atomic E-state index is -4.73. The predicted octanol–water partition coefficient (Wildman–Crippen LogP) is 3.80. The highest BCUT2D eigenvalue weighted by atomic mass is 19.4. The van der Waals surface area contributed by atoms with Crippen molar-refractivity contribution in [3.05, 3.63) is 65.0 Å². The number of carbonyl (C=O) groups excluding carboxylic acids is 1. The van der Waals surface area contributed by atoms with E-state index in [1.54, 1.807) is 0 Å². The third-order valence-corrected chi connectivity index (χ3v) is 2.81. The molecule has 110 valence electrons. The van der Waals surface area contributed by atoms with Gasteiger partial charge < -0.3 is 0 Å². The van der Waals surface area contributed by atoms with Crippen LogP contribution in [0.2, 0.25) is 0 Å². The van der Waals surface area contributed by atoms with E-state index in [1.807, 2.05) is 0 Å². The molecule has 0 saturated heterocycles. The number of halogens is 5. The number of alkyl halides is 3. The molecule has 0 aliphatic heterocycles. The van der Waals surface area contributed by atoms with Crippen LogP contribution in [0, 0.1) is 11.6 Å². The van der Waals surface area contributed by atoms with E-state index in [0.717, 1.165) is 24.5 Å². The number of hydrogen-bond donors (Lipinski definition) is 0. The molecule has 7 heteroatoms. The predicted molar refractivity (Wildman–Crippen MR) is 63.6 cm³/mol. The summed E-state index contributed by atoms with van der Waals surface area (Å²) in [5.41, 5.74) is -2.13. The van der Waals surface area contributed by atoms with Crippen LogP contribution in [0.5, 0.6) is 0 Å². The van der Waals surface area contributed by atoms with E-state index in [4.69, 9.17) is 0 Å². The summed E-state index contributed by atoms with van der Waals surface area (Å²) in [6.45, 7) is 0. The quantitative estimate of drug-likeness (QED) is 0.637. The van der Waals surface area contributed by atoms with Gasteiger partial charge in [-0.15, -0.1) is 0 Å². The monoisotopic (exact) mass is 301 g/mol.